The van der Waals surface area contributed by atoms with Gasteiger partial charge in [0.1, 0.15) is 6.54 Å². The first-order valence-corrected chi connectivity index (χ1v) is 11.1. The van der Waals surface area contributed by atoms with Crippen molar-refractivity contribution in [2.75, 3.05) is 11.9 Å². The van der Waals surface area contributed by atoms with E-state index in [-0.39, 0.29) is 23.7 Å². The summed E-state index contributed by atoms with van der Waals surface area (Å²) in [5.74, 6) is 0.748. The summed E-state index contributed by atoms with van der Waals surface area (Å²) < 4.78 is 5.20. The molecule has 0 spiro atoms. The van der Waals surface area contributed by atoms with Crippen LogP contribution in [0.1, 0.15) is 62.7 Å². The average molecular weight is 427 g/mol. The molecule has 4 aliphatic carbocycles. The number of hydrogen-bond acceptors (Lipinski definition) is 5. The summed E-state index contributed by atoms with van der Waals surface area (Å²) in [5.41, 5.74) is 0.740. The van der Waals surface area contributed by atoms with Crippen LogP contribution in [-0.4, -0.2) is 36.2 Å². The maximum atomic E-state index is 12.9. The lowest BCUT2D eigenvalue weighted by molar-refractivity contribution is -0.155. The summed E-state index contributed by atoms with van der Waals surface area (Å²) in [6, 6.07) is 6.48. The molecule has 1 aromatic carbocycles. The third-order valence-electron chi connectivity index (χ3n) is 7.15. The van der Waals surface area contributed by atoms with Crippen LogP contribution in [0.2, 0.25) is 0 Å². The molecule has 31 heavy (non-hydrogen) atoms. The van der Waals surface area contributed by atoms with Crippen molar-refractivity contribution in [3.63, 3.8) is 0 Å². The Labute approximate surface area is 182 Å². The number of hydrogen-bond donors (Lipinski definition) is 2. The molecule has 4 aliphatic rings. The van der Waals surface area contributed by atoms with Crippen LogP contribution in [0.15, 0.2) is 24.3 Å². The van der Waals surface area contributed by atoms with Gasteiger partial charge in [-0.25, -0.2) is 0 Å². The number of nitrogens with one attached hydrogen (secondary N) is 2. The van der Waals surface area contributed by atoms with Gasteiger partial charge in [0.15, 0.2) is 11.9 Å². The first-order valence-electron chi connectivity index (χ1n) is 11.1. The van der Waals surface area contributed by atoms with Gasteiger partial charge in [-0.15, -0.1) is 0 Å². The summed E-state index contributed by atoms with van der Waals surface area (Å²) in [4.78, 5) is 48.7. The Hall–Kier alpha value is -2.70. The minimum absolute atomic E-state index is 0.0359. The molecule has 0 heterocycles. The van der Waals surface area contributed by atoms with Crippen molar-refractivity contribution in [3.8, 4) is 0 Å². The second-order valence-electron chi connectivity index (χ2n) is 9.64. The average Bonchev–Trinajstić information content (AvgIpc) is 2.71. The Morgan fingerprint density at radius 2 is 1.55 bits per heavy atom. The van der Waals surface area contributed by atoms with E-state index in [1.54, 1.807) is 24.3 Å². The van der Waals surface area contributed by atoms with Crippen LogP contribution in [0.25, 0.3) is 0 Å². The Kier molecular flexibility index (Phi) is 5.86. The molecule has 1 atom stereocenters. The number of ketones is 1. The second-order valence-corrected chi connectivity index (χ2v) is 9.64. The minimum atomic E-state index is -1.00. The highest BCUT2D eigenvalue weighted by Gasteiger charge is 2.54. The zero-order valence-electron chi connectivity index (χ0n) is 18.1. The van der Waals surface area contributed by atoms with Crippen LogP contribution in [0.5, 0.6) is 0 Å². The molecule has 2 N–H and O–H groups in total. The molecule has 1 aromatic rings. The fraction of sp³-hybridized carbons (Fsp3) is 0.583. The van der Waals surface area contributed by atoms with Gasteiger partial charge in [0.05, 0.1) is 0 Å². The zero-order valence-corrected chi connectivity index (χ0v) is 18.1. The van der Waals surface area contributed by atoms with Crippen LogP contribution in [0, 0.1) is 23.2 Å². The van der Waals surface area contributed by atoms with Gasteiger partial charge in [0.2, 0.25) is 5.91 Å². The van der Waals surface area contributed by atoms with Gasteiger partial charge >= 0.3 is 5.97 Å². The van der Waals surface area contributed by atoms with E-state index >= 15 is 0 Å². The van der Waals surface area contributed by atoms with Gasteiger partial charge < -0.3 is 15.4 Å². The van der Waals surface area contributed by atoms with Gasteiger partial charge in [-0.1, -0.05) is 0 Å². The molecule has 5 rings (SSSR count). The lowest BCUT2D eigenvalue weighted by Gasteiger charge is -2.55. The molecule has 7 nitrogen and oxygen atoms in total. The van der Waals surface area contributed by atoms with E-state index in [1.165, 1.54) is 33.1 Å². The SMILES string of the molecule is CC(=O)c1ccc(NC(=O)[C@H](C)OC(=O)CNC(=O)C23CC4CC(CC(C4)C2)C3)cc1. The van der Waals surface area contributed by atoms with E-state index in [4.69, 9.17) is 4.74 Å². The number of rotatable bonds is 7. The Morgan fingerprint density at radius 1 is 1.00 bits per heavy atom. The summed E-state index contributed by atoms with van der Waals surface area (Å²) in [6.45, 7) is 2.72. The van der Waals surface area contributed by atoms with Gasteiger partial charge in [-0.3, -0.25) is 19.2 Å². The zero-order chi connectivity index (χ0) is 22.2. The first-order chi connectivity index (χ1) is 14.7. The maximum Gasteiger partial charge on any atom is 0.326 e. The molecule has 2 amide bonds. The molecule has 0 aromatic heterocycles. The fourth-order valence-corrected chi connectivity index (χ4v) is 6.05. The Bertz CT molecular complexity index is 856. The molecule has 0 aliphatic heterocycles. The van der Waals surface area contributed by atoms with Crippen molar-refractivity contribution in [1.29, 1.82) is 0 Å². The highest BCUT2D eigenvalue weighted by Crippen LogP contribution is 2.60. The number of carbonyl (C=O) groups is 4. The van der Waals surface area contributed by atoms with Crippen molar-refractivity contribution < 1.29 is 23.9 Å². The fourth-order valence-electron chi connectivity index (χ4n) is 6.05. The van der Waals surface area contributed by atoms with Crippen LogP contribution in [-0.2, 0) is 19.1 Å². The van der Waals surface area contributed by atoms with E-state index in [0.29, 0.717) is 29.0 Å². The predicted molar refractivity (Wildman–Crippen MR) is 114 cm³/mol. The Balaban J connectivity index is 1.24. The maximum absolute atomic E-state index is 12.9. The lowest BCUT2D eigenvalue weighted by Crippen LogP contribution is -2.54. The van der Waals surface area contributed by atoms with Gasteiger partial charge in [-0.2, -0.15) is 0 Å². The van der Waals surface area contributed by atoms with E-state index in [2.05, 4.69) is 10.6 Å². The molecule has 0 unspecified atom stereocenters. The molecular weight excluding hydrogens is 396 g/mol. The topological polar surface area (TPSA) is 102 Å². The smallest absolute Gasteiger partial charge is 0.326 e. The summed E-state index contributed by atoms with van der Waals surface area (Å²) >= 11 is 0. The quantitative estimate of drug-likeness (QED) is 0.515. The van der Waals surface area contributed by atoms with Crippen molar-refractivity contribution >= 4 is 29.3 Å². The normalized spacial score (nSPS) is 29.2. The highest BCUT2D eigenvalue weighted by atomic mass is 16.5. The van der Waals surface area contributed by atoms with Crippen molar-refractivity contribution in [2.45, 2.75) is 58.5 Å². The third kappa shape index (κ3) is 4.65. The summed E-state index contributed by atoms with van der Waals surface area (Å²) in [5, 5.41) is 5.43. The highest BCUT2D eigenvalue weighted by molar-refractivity contribution is 5.97. The third-order valence-corrected chi connectivity index (χ3v) is 7.15. The molecule has 166 valence electrons. The van der Waals surface area contributed by atoms with E-state index < -0.39 is 18.0 Å². The number of anilines is 1. The molecule has 0 saturated heterocycles. The van der Waals surface area contributed by atoms with Gasteiger partial charge in [-0.05, 0) is 94.4 Å². The monoisotopic (exact) mass is 426 g/mol. The van der Waals surface area contributed by atoms with Crippen LogP contribution < -0.4 is 10.6 Å². The molecule has 4 fully saturated rings. The van der Waals surface area contributed by atoms with Gasteiger partial charge in [0, 0.05) is 16.7 Å². The molecule has 7 heteroatoms. The largest absolute Gasteiger partial charge is 0.451 e. The van der Waals surface area contributed by atoms with Crippen LogP contribution in [0.3, 0.4) is 0 Å². The molecular formula is C24H30N2O5. The second kappa shape index (κ2) is 8.44. The van der Waals surface area contributed by atoms with Crippen molar-refractivity contribution in [2.24, 2.45) is 23.2 Å². The number of ether oxygens (including phenoxy) is 1. The standard InChI is InChI=1S/C24H30N2O5/c1-14(27)19-3-5-20(6-4-19)26-22(29)15(2)31-21(28)13-25-23(30)24-10-16-7-17(11-24)9-18(8-16)12-24/h3-6,15-18H,7-13H2,1-2H3,(H,25,30)(H,26,29)/t15-,16?,17?,18?,24?/m0/s1. The molecule has 0 radical (unpaired) electrons. The Morgan fingerprint density at radius 3 is 2.06 bits per heavy atom. The van der Waals surface area contributed by atoms with Crippen LogP contribution >= 0.6 is 0 Å². The number of carbonyl (C=O) groups excluding carboxylic acids is 4. The van der Waals surface area contributed by atoms with E-state index in [9.17, 15) is 19.2 Å². The number of esters is 1. The van der Waals surface area contributed by atoms with Gasteiger partial charge in [0.25, 0.3) is 5.91 Å². The van der Waals surface area contributed by atoms with Crippen LogP contribution in [0.4, 0.5) is 5.69 Å². The van der Waals surface area contributed by atoms with Crippen molar-refractivity contribution in [1.82, 2.24) is 5.32 Å². The number of Topliss-reactive ketones (excluding diaryl/α,β-unsaturated/α-hetero) is 1. The number of amides is 2. The lowest BCUT2D eigenvalue weighted by atomic mass is 9.49. The summed E-state index contributed by atoms with van der Waals surface area (Å²) in [6.07, 6.45) is 5.54. The summed E-state index contributed by atoms with van der Waals surface area (Å²) in [7, 11) is 0. The number of benzene rings is 1. The predicted octanol–water partition coefficient (Wildman–Crippen LogP) is 3.09. The van der Waals surface area contributed by atoms with Crippen molar-refractivity contribution in [3.05, 3.63) is 29.8 Å². The molecule has 4 saturated carbocycles. The van der Waals surface area contributed by atoms with E-state index in [1.807, 2.05) is 0 Å². The minimum Gasteiger partial charge on any atom is -0.451 e. The first kappa shape index (κ1) is 21.5. The molecule has 4 bridgehead atoms. The van der Waals surface area contributed by atoms with E-state index in [0.717, 1.165) is 19.3 Å².